The number of carbonyl (C=O) groups is 1. The molecule has 0 unspecified atom stereocenters. The second-order valence-electron chi connectivity index (χ2n) is 5.96. The van der Waals surface area contributed by atoms with Crippen LogP contribution >= 0.6 is 0 Å². The lowest BCUT2D eigenvalue weighted by Gasteiger charge is -2.34. The number of halogens is 1. The molecule has 2 heterocycles. The van der Waals surface area contributed by atoms with Gasteiger partial charge in [-0.1, -0.05) is 12.1 Å². The zero-order valence-electron chi connectivity index (χ0n) is 13.5. The van der Waals surface area contributed by atoms with E-state index in [1.165, 1.54) is 12.1 Å². The lowest BCUT2D eigenvalue weighted by Crippen LogP contribution is -2.48. The average molecular weight is 316 g/mol. The van der Waals surface area contributed by atoms with E-state index in [1.807, 2.05) is 31.0 Å². The summed E-state index contributed by atoms with van der Waals surface area (Å²) >= 11 is 0. The molecule has 1 aromatic heterocycles. The van der Waals surface area contributed by atoms with Crippen LogP contribution < -0.4 is 0 Å². The highest BCUT2D eigenvalue weighted by Crippen LogP contribution is 2.14. The quantitative estimate of drug-likeness (QED) is 0.867. The van der Waals surface area contributed by atoms with Crippen LogP contribution in [0.25, 0.3) is 0 Å². The van der Waals surface area contributed by atoms with Crippen molar-refractivity contribution in [2.75, 3.05) is 26.2 Å². The van der Waals surface area contributed by atoms with Gasteiger partial charge in [0.15, 0.2) is 0 Å². The third-order valence-electron chi connectivity index (χ3n) is 4.44. The van der Waals surface area contributed by atoms with Gasteiger partial charge in [0.1, 0.15) is 5.82 Å². The van der Waals surface area contributed by atoms with Crippen LogP contribution in [0.15, 0.2) is 30.5 Å². The summed E-state index contributed by atoms with van der Waals surface area (Å²) in [6.07, 6.45) is 1.64. The van der Waals surface area contributed by atoms with Crippen LogP contribution in [-0.2, 0) is 13.6 Å². The van der Waals surface area contributed by atoms with Crippen molar-refractivity contribution in [3.05, 3.63) is 53.1 Å². The first kappa shape index (κ1) is 15.7. The number of amides is 1. The Labute approximate surface area is 135 Å². The van der Waals surface area contributed by atoms with E-state index in [0.29, 0.717) is 18.7 Å². The molecule has 1 fully saturated rings. The average Bonchev–Trinajstić information content (AvgIpc) is 2.89. The first-order valence-corrected chi connectivity index (χ1v) is 7.79. The lowest BCUT2D eigenvalue weighted by atomic mass is 10.1. The standard InChI is InChI=1S/C17H21FN4O/c1-13-16(11-19-20(13)2)17(23)22-9-7-21(8-10-22)12-14-3-5-15(18)6-4-14/h3-6,11H,7-10,12H2,1-2H3. The first-order valence-electron chi connectivity index (χ1n) is 7.79. The molecule has 6 heteroatoms. The summed E-state index contributed by atoms with van der Waals surface area (Å²) < 4.78 is 14.7. The van der Waals surface area contributed by atoms with E-state index in [-0.39, 0.29) is 11.7 Å². The number of aromatic nitrogens is 2. The fourth-order valence-corrected chi connectivity index (χ4v) is 2.84. The Hall–Kier alpha value is -2.21. The Morgan fingerprint density at radius 1 is 1.17 bits per heavy atom. The van der Waals surface area contributed by atoms with E-state index >= 15 is 0 Å². The second kappa shape index (κ2) is 6.50. The molecule has 0 bridgehead atoms. The third-order valence-corrected chi connectivity index (χ3v) is 4.44. The highest BCUT2D eigenvalue weighted by atomic mass is 19.1. The summed E-state index contributed by atoms with van der Waals surface area (Å²) in [5.74, 6) is -0.159. The molecule has 0 radical (unpaired) electrons. The van der Waals surface area contributed by atoms with E-state index < -0.39 is 0 Å². The van der Waals surface area contributed by atoms with Crippen molar-refractivity contribution in [1.82, 2.24) is 19.6 Å². The predicted octanol–water partition coefficient (Wildman–Crippen LogP) is 1.83. The van der Waals surface area contributed by atoms with E-state index in [9.17, 15) is 9.18 Å². The number of nitrogens with zero attached hydrogens (tertiary/aromatic N) is 4. The van der Waals surface area contributed by atoms with Crippen molar-refractivity contribution in [1.29, 1.82) is 0 Å². The van der Waals surface area contributed by atoms with Crippen LogP contribution in [0.3, 0.4) is 0 Å². The molecule has 2 aromatic rings. The molecule has 0 aliphatic carbocycles. The van der Waals surface area contributed by atoms with Gasteiger partial charge in [0.05, 0.1) is 11.8 Å². The number of piperazine rings is 1. The van der Waals surface area contributed by atoms with Crippen LogP contribution in [0, 0.1) is 12.7 Å². The Balaban J connectivity index is 1.57. The summed E-state index contributed by atoms with van der Waals surface area (Å²) in [6.45, 7) is 5.74. The molecule has 1 saturated heterocycles. The summed E-state index contributed by atoms with van der Waals surface area (Å²) in [5.41, 5.74) is 2.66. The molecule has 0 spiro atoms. The maximum atomic E-state index is 12.9. The molecule has 1 amide bonds. The maximum Gasteiger partial charge on any atom is 0.257 e. The second-order valence-corrected chi connectivity index (χ2v) is 5.96. The summed E-state index contributed by atoms with van der Waals surface area (Å²) in [4.78, 5) is 16.7. The SMILES string of the molecule is Cc1c(C(=O)N2CCN(Cc3ccc(F)cc3)CC2)cnn1C. The fraction of sp³-hybridized carbons (Fsp3) is 0.412. The molecule has 122 valence electrons. The first-order chi connectivity index (χ1) is 11.0. The summed E-state index contributed by atoms with van der Waals surface area (Å²) in [6, 6.07) is 6.60. The molecule has 0 saturated carbocycles. The van der Waals surface area contributed by atoms with E-state index in [0.717, 1.165) is 30.9 Å². The number of aryl methyl sites for hydroxylation is 1. The van der Waals surface area contributed by atoms with Gasteiger partial charge in [0.2, 0.25) is 0 Å². The highest BCUT2D eigenvalue weighted by molar-refractivity contribution is 5.95. The van der Waals surface area contributed by atoms with Crippen molar-refractivity contribution in [2.45, 2.75) is 13.5 Å². The van der Waals surface area contributed by atoms with E-state index in [4.69, 9.17) is 0 Å². The third kappa shape index (κ3) is 3.42. The summed E-state index contributed by atoms with van der Waals surface area (Å²) in [7, 11) is 1.84. The zero-order chi connectivity index (χ0) is 16.4. The van der Waals surface area contributed by atoms with E-state index in [2.05, 4.69) is 10.00 Å². The molecular formula is C17H21FN4O. The van der Waals surface area contributed by atoms with Gasteiger partial charge < -0.3 is 4.90 Å². The van der Waals surface area contributed by atoms with E-state index in [1.54, 1.807) is 10.9 Å². The number of hydrogen-bond acceptors (Lipinski definition) is 3. The Morgan fingerprint density at radius 3 is 2.39 bits per heavy atom. The number of benzene rings is 1. The largest absolute Gasteiger partial charge is 0.336 e. The topological polar surface area (TPSA) is 41.4 Å². The van der Waals surface area contributed by atoms with Gasteiger partial charge in [-0.25, -0.2) is 4.39 Å². The van der Waals surface area contributed by atoms with Crippen LogP contribution in [0.1, 0.15) is 21.6 Å². The van der Waals surface area contributed by atoms with Crippen molar-refractivity contribution in [2.24, 2.45) is 7.05 Å². The van der Waals surface area contributed by atoms with Crippen LogP contribution in [0.4, 0.5) is 4.39 Å². The van der Waals surface area contributed by atoms with Crippen molar-refractivity contribution in [3.8, 4) is 0 Å². The van der Waals surface area contributed by atoms with Crippen LogP contribution in [0.2, 0.25) is 0 Å². The molecule has 5 nitrogen and oxygen atoms in total. The summed E-state index contributed by atoms with van der Waals surface area (Å²) in [5, 5.41) is 4.14. The predicted molar refractivity (Wildman–Crippen MR) is 85.5 cm³/mol. The molecule has 1 aliphatic rings. The molecule has 23 heavy (non-hydrogen) atoms. The number of rotatable bonds is 3. The minimum absolute atomic E-state index is 0.0528. The van der Waals surface area contributed by atoms with Crippen molar-refractivity contribution >= 4 is 5.91 Å². The van der Waals surface area contributed by atoms with Crippen molar-refractivity contribution < 1.29 is 9.18 Å². The smallest absolute Gasteiger partial charge is 0.257 e. The lowest BCUT2D eigenvalue weighted by molar-refractivity contribution is 0.0627. The van der Waals surface area contributed by atoms with Gasteiger partial charge in [0.25, 0.3) is 5.91 Å². The van der Waals surface area contributed by atoms with Gasteiger partial charge >= 0.3 is 0 Å². The van der Waals surface area contributed by atoms with Crippen molar-refractivity contribution in [3.63, 3.8) is 0 Å². The fourth-order valence-electron chi connectivity index (χ4n) is 2.84. The van der Waals surface area contributed by atoms with Gasteiger partial charge in [-0.3, -0.25) is 14.4 Å². The maximum absolute atomic E-state index is 12.9. The van der Waals surface area contributed by atoms with Gasteiger partial charge in [-0.2, -0.15) is 5.10 Å². The number of carbonyl (C=O) groups excluding carboxylic acids is 1. The Bertz CT molecular complexity index is 687. The van der Waals surface area contributed by atoms with Gasteiger partial charge in [0, 0.05) is 45.5 Å². The van der Waals surface area contributed by atoms with Gasteiger partial charge in [-0.05, 0) is 24.6 Å². The normalized spacial score (nSPS) is 15.9. The minimum Gasteiger partial charge on any atom is -0.336 e. The van der Waals surface area contributed by atoms with Crippen LogP contribution in [-0.4, -0.2) is 51.7 Å². The minimum atomic E-state index is -0.212. The molecule has 3 rings (SSSR count). The molecule has 1 aliphatic heterocycles. The van der Waals surface area contributed by atoms with Crippen LogP contribution in [0.5, 0.6) is 0 Å². The highest BCUT2D eigenvalue weighted by Gasteiger charge is 2.24. The monoisotopic (exact) mass is 316 g/mol. The molecular weight excluding hydrogens is 295 g/mol. The van der Waals surface area contributed by atoms with Gasteiger partial charge in [-0.15, -0.1) is 0 Å². The molecule has 1 aromatic carbocycles. The zero-order valence-corrected chi connectivity index (χ0v) is 13.5. The molecule has 0 atom stereocenters. The Morgan fingerprint density at radius 2 is 1.83 bits per heavy atom. The molecule has 0 N–H and O–H groups in total. The number of hydrogen-bond donors (Lipinski definition) is 0. The Kier molecular flexibility index (Phi) is 4.43.